The molecule has 0 bridgehead atoms. The molecule has 1 aromatic rings. The average molecular weight is 201 g/mol. The van der Waals surface area contributed by atoms with E-state index in [4.69, 9.17) is 5.73 Å². The highest BCUT2D eigenvalue weighted by atomic mass is 14.7. The molecule has 15 heavy (non-hydrogen) atoms. The molecule has 1 nitrogen and oxygen atoms in total. The van der Waals surface area contributed by atoms with E-state index in [2.05, 4.69) is 31.2 Å². The fourth-order valence-corrected chi connectivity index (χ4v) is 2.77. The lowest BCUT2D eigenvalue weighted by Gasteiger charge is -2.09. The molecule has 3 atom stereocenters. The zero-order valence-electron chi connectivity index (χ0n) is 9.32. The molecule has 1 heteroatoms. The molecule has 0 aliphatic heterocycles. The third-order valence-corrected chi connectivity index (χ3v) is 3.93. The number of benzene rings is 1. The second kappa shape index (κ2) is 3.34. The lowest BCUT2D eigenvalue weighted by atomic mass is 9.97. The van der Waals surface area contributed by atoms with E-state index in [9.17, 15) is 0 Å². The van der Waals surface area contributed by atoms with Crippen LogP contribution in [0.25, 0.3) is 0 Å². The standard InChI is InChI=1S/C14H19N/c1-9(15)13-8-14(13)12-5-3-2-4-11(12)10-6-7-10/h2-5,9-10,13-14H,6-8,15H2,1H3. The van der Waals surface area contributed by atoms with Crippen molar-refractivity contribution in [2.75, 3.05) is 0 Å². The van der Waals surface area contributed by atoms with Gasteiger partial charge >= 0.3 is 0 Å². The van der Waals surface area contributed by atoms with Crippen LogP contribution in [0.3, 0.4) is 0 Å². The van der Waals surface area contributed by atoms with Gasteiger partial charge in [0, 0.05) is 6.04 Å². The lowest BCUT2D eigenvalue weighted by molar-refractivity contribution is 0.630. The maximum atomic E-state index is 5.97. The van der Waals surface area contributed by atoms with Crippen LogP contribution in [0.15, 0.2) is 24.3 Å². The molecular weight excluding hydrogens is 182 g/mol. The topological polar surface area (TPSA) is 26.0 Å². The Labute approximate surface area is 91.7 Å². The van der Waals surface area contributed by atoms with E-state index in [1.807, 2.05) is 0 Å². The molecule has 80 valence electrons. The van der Waals surface area contributed by atoms with Crippen LogP contribution < -0.4 is 5.73 Å². The van der Waals surface area contributed by atoms with Gasteiger partial charge in [-0.3, -0.25) is 0 Å². The van der Waals surface area contributed by atoms with Gasteiger partial charge in [-0.1, -0.05) is 24.3 Å². The minimum absolute atomic E-state index is 0.363. The molecule has 2 aliphatic carbocycles. The Kier molecular flexibility index (Phi) is 2.10. The highest BCUT2D eigenvalue weighted by Gasteiger charge is 2.42. The number of rotatable bonds is 3. The molecular formula is C14H19N. The smallest absolute Gasteiger partial charge is 0.00448 e. The molecule has 0 amide bonds. The third-order valence-electron chi connectivity index (χ3n) is 3.93. The first kappa shape index (κ1) is 9.41. The number of hydrogen-bond acceptors (Lipinski definition) is 1. The second-order valence-electron chi connectivity index (χ2n) is 5.27. The Morgan fingerprint density at radius 2 is 1.87 bits per heavy atom. The van der Waals surface area contributed by atoms with Crippen molar-refractivity contribution < 1.29 is 0 Å². The first-order valence-electron chi connectivity index (χ1n) is 6.12. The fourth-order valence-electron chi connectivity index (χ4n) is 2.77. The average Bonchev–Trinajstić information content (AvgIpc) is 3.11. The predicted molar refractivity (Wildman–Crippen MR) is 62.9 cm³/mol. The van der Waals surface area contributed by atoms with E-state index in [1.165, 1.54) is 19.3 Å². The Morgan fingerprint density at radius 1 is 1.20 bits per heavy atom. The monoisotopic (exact) mass is 201 g/mol. The van der Waals surface area contributed by atoms with Gasteiger partial charge in [-0.2, -0.15) is 0 Å². The van der Waals surface area contributed by atoms with Crippen LogP contribution in [-0.4, -0.2) is 6.04 Å². The summed E-state index contributed by atoms with van der Waals surface area (Å²) in [5.74, 6) is 2.38. The molecule has 0 radical (unpaired) electrons. The zero-order valence-corrected chi connectivity index (χ0v) is 9.32. The van der Waals surface area contributed by atoms with Gasteiger partial charge in [-0.05, 0) is 55.1 Å². The summed E-state index contributed by atoms with van der Waals surface area (Å²) in [7, 11) is 0. The van der Waals surface area contributed by atoms with E-state index in [1.54, 1.807) is 11.1 Å². The molecule has 3 rings (SSSR count). The van der Waals surface area contributed by atoms with Crippen molar-refractivity contribution in [2.24, 2.45) is 11.7 Å². The summed E-state index contributed by atoms with van der Waals surface area (Å²) in [6.07, 6.45) is 4.10. The van der Waals surface area contributed by atoms with Crippen LogP contribution in [0.4, 0.5) is 0 Å². The number of hydrogen-bond donors (Lipinski definition) is 1. The minimum atomic E-state index is 0.363. The van der Waals surface area contributed by atoms with Crippen molar-refractivity contribution in [1.82, 2.24) is 0 Å². The van der Waals surface area contributed by atoms with Gasteiger partial charge in [-0.15, -0.1) is 0 Å². The van der Waals surface area contributed by atoms with Gasteiger partial charge < -0.3 is 5.73 Å². The van der Waals surface area contributed by atoms with Gasteiger partial charge in [0.15, 0.2) is 0 Å². The van der Waals surface area contributed by atoms with Crippen LogP contribution in [0.1, 0.15) is 49.1 Å². The molecule has 2 aliphatic rings. The second-order valence-corrected chi connectivity index (χ2v) is 5.27. The van der Waals surface area contributed by atoms with Crippen molar-refractivity contribution in [2.45, 2.75) is 44.1 Å². The Balaban J connectivity index is 1.86. The van der Waals surface area contributed by atoms with Gasteiger partial charge in [0.1, 0.15) is 0 Å². The fraction of sp³-hybridized carbons (Fsp3) is 0.571. The summed E-state index contributed by atoms with van der Waals surface area (Å²) in [6, 6.07) is 9.37. The van der Waals surface area contributed by atoms with Gasteiger partial charge in [-0.25, -0.2) is 0 Å². The Morgan fingerprint density at radius 3 is 2.40 bits per heavy atom. The molecule has 2 N–H and O–H groups in total. The van der Waals surface area contributed by atoms with Gasteiger partial charge in [0.2, 0.25) is 0 Å². The first-order valence-corrected chi connectivity index (χ1v) is 6.12. The van der Waals surface area contributed by atoms with Crippen molar-refractivity contribution >= 4 is 0 Å². The SMILES string of the molecule is CC(N)C1CC1c1ccccc1C1CC1. The molecule has 0 saturated heterocycles. The van der Waals surface area contributed by atoms with E-state index in [0.29, 0.717) is 6.04 Å². The highest BCUT2D eigenvalue weighted by molar-refractivity contribution is 5.39. The van der Waals surface area contributed by atoms with E-state index < -0.39 is 0 Å². The van der Waals surface area contributed by atoms with Crippen molar-refractivity contribution in [3.05, 3.63) is 35.4 Å². The molecule has 2 saturated carbocycles. The van der Waals surface area contributed by atoms with Crippen LogP contribution in [0.5, 0.6) is 0 Å². The molecule has 2 fully saturated rings. The van der Waals surface area contributed by atoms with Crippen molar-refractivity contribution in [3.63, 3.8) is 0 Å². The minimum Gasteiger partial charge on any atom is -0.328 e. The van der Waals surface area contributed by atoms with Gasteiger partial charge in [0.05, 0.1) is 0 Å². The summed E-state index contributed by atoms with van der Waals surface area (Å²) in [6.45, 7) is 2.14. The summed E-state index contributed by atoms with van der Waals surface area (Å²) in [5, 5.41) is 0. The van der Waals surface area contributed by atoms with Crippen LogP contribution in [0.2, 0.25) is 0 Å². The molecule has 1 aromatic carbocycles. The third kappa shape index (κ3) is 1.69. The number of nitrogens with two attached hydrogens (primary N) is 1. The summed E-state index contributed by atoms with van der Waals surface area (Å²) < 4.78 is 0. The van der Waals surface area contributed by atoms with E-state index >= 15 is 0 Å². The van der Waals surface area contributed by atoms with Crippen LogP contribution in [-0.2, 0) is 0 Å². The van der Waals surface area contributed by atoms with Crippen LogP contribution in [0, 0.1) is 5.92 Å². The Bertz CT molecular complexity index is 365. The lowest BCUT2D eigenvalue weighted by Crippen LogP contribution is -2.18. The van der Waals surface area contributed by atoms with E-state index in [0.717, 1.165) is 17.8 Å². The highest BCUT2D eigenvalue weighted by Crippen LogP contribution is 2.53. The summed E-state index contributed by atoms with van der Waals surface area (Å²) in [5.41, 5.74) is 9.18. The maximum absolute atomic E-state index is 5.97. The molecule has 0 heterocycles. The van der Waals surface area contributed by atoms with Crippen molar-refractivity contribution in [1.29, 1.82) is 0 Å². The first-order chi connectivity index (χ1) is 7.27. The zero-order chi connectivity index (χ0) is 10.4. The normalized spacial score (nSPS) is 31.3. The van der Waals surface area contributed by atoms with Gasteiger partial charge in [0.25, 0.3) is 0 Å². The largest absolute Gasteiger partial charge is 0.328 e. The molecule has 3 unspecified atom stereocenters. The summed E-state index contributed by atoms with van der Waals surface area (Å²) in [4.78, 5) is 0. The summed E-state index contributed by atoms with van der Waals surface area (Å²) >= 11 is 0. The van der Waals surface area contributed by atoms with E-state index in [-0.39, 0.29) is 0 Å². The van der Waals surface area contributed by atoms with Crippen molar-refractivity contribution in [3.8, 4) is 0 Å². The van der Waals surface area contributed by atoms with Crippen LogP contribution >= 0.6 is 0 Å². The Hall–Kier alpha value is -0.820. The quantitative estimate of drug-likeness (QED) is 0.799. The predicted octanol–water partition coefficient (Wildman–Crippen LogP) is 3.01. The molecule has 0 spiro atoms. The maximum Gasteiger partial charge on any atom is 0.00448 e. The molecule has 0 aromatic heterocycles.